The van der Waals surface area contributed by atoms with Crippen molar-refractivity contribution in [1.82, 2.24) is 15.1 Å². The summed E-state index contributed by atoms with van der Waals surface area (Å²) in [4.78, 5) is 10.7. The predicted molar refractivity (Wildman–Crippen MR) is 63.0 cm³/mol. The molecule has 3 N–H and O–H groups in total. The first-order valence-corrected chi connectivity index (χ1v) is 5.53. The summed E-state index contributed by atoms with van der Waals surface area (Å²) in [6.07, 6.45) is 0. The molecule has 0 aliphatic rings. The second-order valence-electron chi connectivity index (χ2n) is 3.97. The number of rotatable bonds is 5. The van der Waals surface area contributed by atoms with Gasteiger partial charge in [0.1, 0.15) is 0 Å². The summed E-state index contributed by atoms with van der Waals surface area (Å²) < 4.78 is 1.97. The van der Waals surface area contributed by atoms with Crippen molar-refractivity contribution in [2.75, 3.05) is 6.54 Å². The maximum Gasteiger partial charge on any atom is 0.231 e. The van der Waals surface area contributed by atoms with Gasteiger partial charge in [-0.3, -0.25) is 9.48 Å². The molecule has 0 aliphatic carbocycles. The van der Waals surface area contributed by atoms with Crippen LogP contribution >= 0.6 is 0 Å². The Morgan fingerprint density at radius 3 is 2.62 bits per heavy atom. The summed E-state index contributed by atoms with van der Waals surface area (Å²) in [7, 11) is 0. The molecule has 5 heteroatoms. The van der Waals surface area contributed by atoms with Crippen LogP contribution in [0.3, 0.4) is 0 Å². The standard InChI is InChI=1S/C11H20N4O/c1-5-15-9(4)11(8(3)14-15)7(2)13-6-10(12)16/h7,13H,5-6H2,1-4H3,(H2,12,16). The number of hydrogen-bond donors (Lipinski definition) is 2. The molecule has 16 heavy (non-hydrogen) atoms. The summed E-state index contributed by atoms with van der Waals surface area (Å²) in [6.45, 7) is 9.15. The predicted octanol–water partition coefficient (Wildman–Crippen LogP) is 0.656. The molecule has 1 rings (SSSR count). The minimum absolute atomic E-state index is 0.0906. The second-order valence-corrected chi connectivity index (χ2v) is 3.97. The molecule has 1 amide bonds. The van der Waals surface area contributed by atoms with Crippen LogP contribution < -0.4 is 11.1 Å². The molecule has 0 aliphatic heterocycles. The number of nitrogens with one attached hydrogen (secondary N) is 1. The van der Waals surface area contributed by atoms with Crippen LogP contribution in [0.1, 0.15) is 36.8 Å². The number of aromatic nitrogens is 2. The molecule has 0 radical (unpaired) electrons. The first-order valence-electron chi connectivity index (χ1n) is 5.53. The van der Waals surface area contributed by atoms with Crippen LogP contribution in [0.5, 0.6) is 0 Å². The molecule has 0 spiro atoms. The lowest BCUT2D eigenvalue weighted by Gasteiger charge is -2.13. The van der Waals surface area contributed by atoms with Crippen molar-refractivity contribution in [1.29, 1.82) is 0 Å². The molecule has 0 bridgehead atoms. The topological polar surface area (TPSA) is 72.9 Å². The summed E-state index contributed by atoms with van der Waals surface area (Å²) in [5.74, 6) is -0.343. The van der Waals surface area contributed by atoms with Gasteiger partial charge in [-0.25, -0.2) is 0 Å². The van der Waals surface area contributed by atoms with Crippen molar-refractivity contribution in [3.63, 3.8) is 0 Å². The number of nitrogens with zero attached hydrogens (tertiary/aromatic N) is 2. The van der Waals surface area contributed by atoms with E-state index in [1.54, 1.807) is 0 Å². The fourth-order valence-electron chi connectivity index (χ4n) is 2.00. The van der Waals surface area contributed by atoms with Crippen LogP contribution in [0.25, 0.3) is 0 Å². The van der Waals surface area contributed by atoms with Crippen LogP contribution in [0, 0.1) is 13.8 Å². The van der Waals surface area contributed by atoms with Crippen LogP contribution in [-0.4, -0.2) is 22.2 Å². The average molecular weight is 224 g/mol. The van der Waals surface area contributed by atoms with Crippen molar-refractivity contribution >= 4 is 5.91 Å². The number of carbonyl (C=O) groups is 1. The largest absolute Gasteiger partial charge is 0.369 e. The monoisotopic (exact) mass is 224 g/mol. The SMILES string of the molecule is CCn1nc(C)c(C(C)NCC(N)=O)c1C. The molecule has 1 heterocycles. The van der Waals surface area contributed by atoms with Gasteiger partial charge in [-0.05, 0) is 27.7 Å². The van der Waals surface area contributed by atoms with E-state index in [9.17, 15) is 4.79 Å². The summed E-state index contributed by atoms with van der Waals surface area (Å²) in [5, 5.41) is 7.53. The lowest BCUT2D eigenvalue weighted by Crippen LogP contribution is -2.30. The highest BCUT2D eigenvalue weighted by molar-refractivity contribution is 5.75. The van der Waals surface area contributed by atoms with Crippen molar-refractivity contribution in [3.05, 3.63) is 17.0 Å². The van der Waals surface area contributed by atoms with E-state index < -0.39 is 0 Å². The molecule has 0 fully saturated rings. The number of primary amides is 1. The molecule has 1 aromatic heterocycles. The Labute approximate surface area is 96.0 Å². The molecular formula is C11H20N4O. The third kappa shape index (κ3) is 2.61. The molecule has 1 atom stereocenters. The number of nitrogens with two attached hydrogens (primary N) is 1. The van der Waals surface area contributed by atoms with Crippen LogP contribution in [-0.2, 0) is 11.3 Å². The van der Waals surface area contributed by atoms with Gasteiger partial charge in [-0.15, -0.1) is 0 Å². The van der Waals surface area contributed by atoms with Crippen molar-refractivity contribution in [2.45, 2.75) is 40.3 Å². The summed E-state index contributed by atoms with van der Waals surface area (Å²) in [6, 6.07) is 0.0906. The molecule has 0 saturated heterocycles. The lowest BCUT2D eigenvalue weighted by molar-refractivity contribution is -0.117. The van der Waals surface area contributed by atoms with Gasteiger partial charge in [-0.1, -0.05) is 0 Å². The summed E-state index contributed by atoms with van der Waals surface area (Å²) in [5.41, 5.74) is 8.41. The van der Waals surface area contributed by atoms with Gasteiger partial charge in [0.25, 0.3) is 0 Å². The fourth-order valence-corrected chi connectivity index (χ4v) is 2.00. The third-order valence-electron chi connectivity index (χ3n) is 2.75. The quantitative estimate of drug-likeness (QED) is 0.771. The van der Waals surface area contributed by atoms with E-state index in [-0.39, 0.29) is 18.5 Å². The zero-order chi connectivity index (χ0) is 12.3. The fraction of sp³-hybridized carbons (Fsp3) is 0.636. The zero-order valence-electron chi connectivity index (χ0n) is 10.4. The highest BCUT2D eigenvalue weighted by atomic mass is 16.1. The maximum absolute atomic E-state index is 10.7. The molecule has 0 saturated carbocycles. The van der Waals surface area contributed by atoms with E-state index in [1.165, 1.54) is 0 Å². The molecular weight excluding hydrogens is 204 g/mol. The Morgan fingerprint density at radius 2 is 2.19 bits per heavy atom. The van der Waals surface area contributed by atoms with Crippen molar-refractivity contribution in [3.8, 4) is 0 Å². The van der Waals surface area contributed by atoms with Crippen LogP contribution in [0.2, 0.25) is 0 Å². The normalized spacial score (nSPS) is 12.8. The van der Waals surface area contributed by atoms with E-state index in [2.05, 4.69) is 17.3 Å². The van der Waals surface area contributed by atoms with E-state index >= 15 is 0 Å². The minimum atomic E-state index is -0.343. The molecule has 0 aromatic carbocycles. The van der Waals surface area contributed by atoms with Gasteiger partial charge in [0, 0.05) is 23.8 Å². The highest BCUT2D eigenvalue weighted by Crippen LogP contribution is 2.20. The summed E-state index contributed by atoms with van der Waals surface area (Å²) >= 11 is 0. The van der Waals surface area contributed by atoms with E-state index in [4.69, 9.17) is 5.73 Å². The number of amides is 1. The van der Waals surface area contributed by atoms with E-state index in [0.29, 0.717) is 0 Å². The Bertz CT molecular complexity index is 384. The van der Waals surface area contributed by atoms with Gasteiger partial charge < -0.3 is 11.1 Å². The number of aryl methyl sites for hydroxylation is 2. The second kappa shape index (κ2) is 5.12. The van der Waals surface area contributed by atoms with E-state index in [1.807, 2.05) is 25.5 Å². The van der Waals surface area contributed by atoms with Crippen molar-refractivity contribution < 1.29 is 4.79 Å². The first kappa shape index (κ1) is 12.7. The van der Waals surface area contributed by atoms with Gasteiger partial charge in [0.15, 0.2) is 0 Å². The Hall–Kier alpha value is -1.36. The van der Waals surface area contributed by atoms with Gasteiger partial charge in [0.2, 0.25) is 5.91 Å². The molecule has 5 nitrogen and oxygen atoms in total. The highest BCUT2D eigenvalue weighted by Gasteiger charge is 2.16. The minimum Gasteiger partial charge on any atom is -0.369 e. The molecule has 1 unspecified atom stereocenters. The third-order valence-corrected chi connectivity index (χ3v) is 2.75. The van der Waals surface area contributed by atoms with Crippen LogP contribution in [0.4, 0.5) is 0 Å². The van der Waals surface area contributed by atoms with Gasteiger partial charge in [-0.2, -0.15) is 5.10 Å². The smallest absolute Gasteiger partial charge is 0.231 e. The lowest BCUT2D eigenvalue weighted by atomic mass is 10.1. The van der Waals surface area contributed by atoms with Crippen LogP contribution in [0.15, 0.2) is 0 Å². The molecule has 1 aromatic rings. The first-order chi connectivity index (χ1) is 7.47. The Morgan fingerprint density at radius 1 is 1.56 bits per heavy atom. The van der Waals surface area contributed by atoms with Gasteiger partial charge >= 0.3 is 0 Å². The average Bonchev–Trinajstić information content (AvgIpc) is 2.50. The molecule has 90 valence electrons. The van der Waals surface area contributed by atoms with Crippen molar-refractivity contribution in [2.24, 2.45) is 5.73 Å². The Balaban J connectivity index is 2.86. The zero-order valence-corrected chi connectivity index (χ0v) is 10.4. The van der Waals surface area contributed by atoms with Gasteiger partial charge in [0.05, 0.1) is 12.2 Å². The Kier molecular flexibility index (Phi) is 4.06. The number of carbonyl (C=O) groups excluding carboxylic acids is 1. The number of hydrogen-bond acceptors (Lipinski definition) is 3. The maximum atomic E-state index is 10.7. The van der Waals surface area contributed by atoms with E-state index in [0.717, 1.165) is 23.5 Å².